The van der Waals surface area contributed by atoms with E-state index < -0.39 is 5.97 Å². The van der Waals surface area contributed by atoms with Crippen molar-refractivity contribution < 1.29 is 19.4 Å². The van der Waals surface area contributed by atoms with Gasteiger partial charge in [0.2, 0.25) is 0 Å². The second-order valence-electron chi connectivity index (χ2n) is 4.85. The maximum atomic E-state index is 12.0. The summed E-state index contributed by atoms with van der Waals surface area (Å²) in [6, 6.07) is 11.0. The number of phenols is 1. The highest BCUT2D eigenvalue weighted by Crippen LogP contribution is 2.12. The number of hydrogen-bond acceptors (Lipinski definition) is 4. The molecule has 2 aromatic rings. The molecule has 0 saturated carbocycles. The lowest BCUT2D eigenvalue weighted by atomic mass is 10.0. The molecule has 4 nitrogen and oxygen atoms in total. The molecule has 0 unspecified atom stereocenters. The van der Waals surface area contributed by atoms with E-state index in [4.69, 9.17) is 9.84 Å². The number of aryl methyl sites for hydroxylation is 2. The van der Waals surface area contributed by atoms with Crippen LogP contribution in [0.15, 0.2) is 42.5 Å². The Hall–Kier alpha value is -2.62. The Morgan fingerprint density at radius 3 is 2.19 bits per heavy atom. The predicted molar refractivity (Wildman–Crippen MR) is 78.6 cm³/mol. The molecule has 2 rings (SSSR count). The van der Waals surface area contributed by atoms with Crippen LogP contribution < -0.4 is 0 Å². The zero-order valence-electron chi connectivity index (χ0n) is 11.9. The van der Waals surface area contributed by atoms with Crippen molar-refractivity contribution in [2.24, 2.45) is 0 Å². The van der Waals surface area contributed by atoms with Crippen molar-refractivity contribution in [3.8, 4) is 5.75 Å². The van der Waals surface area contributed by atoms with Gasteiger partial charge in [0.1, 0.15) is 5.75 Å². The van der Waals surface area contributed by atoms with Gasteiger partial charge < -0.3 is 9.84 Å². The molecule has 0 amide bonds. The largest absolute Gasteiger partial charge is 0.508 e. The fraction of sp³-hybridized carbons (Fsp3) is 0.176. The monoisotopic (exact) mass is 284 g/mol. The van der Waals surface area contributed by atoms with Crippen LogP contribution in [-0.2, 0) is 4.74 Å². The number of carbonyl (C=O) groups excluding carboxylic acids is 2. The smallest absolute Gasteiger partial charge is 0.338 e. The Kier molecular flexibility index (Phi) is 4.38. The van der Waals surface area contributed by atoms with Crippen LogP contribution in [0.25, 0.3) is 0 Å². The summed E-state index contributed by atoms with van der Waals surface area (Å²) < 4.78 is 4.98. The number of carbonyl (C=O) groups is 2. The normalized spacial score (nSPS) is 10.2. The molecule has 0 spiro atoms. The van der Waals surface area contributed by atoms with Crippen molar-refractivity contribution in [1.29, 1.82) is 0 Å². The number of hydrogen-bond donors (Lipinski definition) is 1. The van der Waals surface area contributed by atoms with Crippen molar-refractivity contribution in [2.75, 3.05) is 6.61 Å². The SMILES string of the molecule is Cc1ccc(C(=O)COC(=O)c2ccc(O)cc2)cc1C. The number of ether oxygens (including phenoxy) is 1. The second kappa shape index (κ2) is 6.22. The maximum Gasteiger partial charge on any atom is 0.338 e. The topological polar surface area (TPSA) is 63.6 Å². The molecule has 0 aromatic heterocycles. The number of ketones is 1. The number of Topliss-reactive ketones (excluding diaryl/α,β-unsaturated/α-hetero) is 1. The van der Waals surface area contributed by atoms with Gasteiger partial charge in [-0.2, -0.15) is 0 Å². The van der Waals surface area contributed by atoms with E-state index in [1.165, 1.54) is 24.3 Å². The van der Waals surface area contributed by atoms with Gasteiger partial charge in [-0.1, -0.05) is 12.1 Å². The van der Waals surface area contributed by atoms with E-state index in [1.54, 1.807) is 12.1 Å². The van der Waals surface area contributed by atoms with Crippen LogP contribution in [0, 0.1) is 13.8 Å². The minimum absolute atomic E-state index is 0.0674. The third kappa shape index (κ3) is 3.69. The first-order chi connectivity index (χ1) is 9.97. The van der Waals surface area contributed by atoms with Crippen molar-refractivity contribution in [3.63, 3.8) is 0 Å². The summed E-state index contributed by atoms with van der Waals surface area (Å²) in [4.78, 5) is 23.7. The molecule has 0 bridgehead atoms. The average Bonchev–Trinajstić information content (AvgIpc) is 2.48. The average molecular weight is 284 g/mol. The predicted octanol–water partition coefficient (Wildman–Crippen LogP) is 3.05. The van der Waals surface area contributed by atoms with Crippen LogP contribution in [-0.4, -0.2) is 23.5 Å². The van der Waals surface area contributed by atoms with E-state index in [0.717, 1.165) is 11.1 Å². The first kappa shape index (κ1) is 14.8. The molecule has 0 atom stereocenters. The molecule has 21 heavy (non-hydrogen) atoms. The zero-order chi connectivity index (χ0) is 15.4. The van der Waals surface area contributed by atoms with Gasteiger partial charge in [-0.3, -0.25) is 4.79 Å². The van der Waals surface area contributed by atoms with E-state index in [9.17, 15) is 9.59 Å². The van der Waals surface area contributed by atoms with Gasteiger partial charge in [-0.05, 0) is 55.3 Å². The molecule has 0 aliphatic carbocycles. The molecule has 2 aromatic carbocycles. The zero-order valence-corrected chi connectivity index (χ0v) is 11.9. The van der Waals surface area contributed by atoms with Crippen LogP contribution in [0.2, 0.25) is 0 Å². The summed E-state index contributed by atoms with van der Waals surface area (Å²) in [5.74, 6) is -0.768. The highest BCUT2D eigenvalue weighted by molar-refractivity contribution is 5.99. The quantitative estimate of drug-likeness (QED) is 0.692. The molecule has 108 valence electrons. The van der Waals surface area contributed by atoms with E-state index >= 15 is 0 Å². The molecule has 0 heterocycles. The summed E-state index contributed by atoms with van der Waals surface area (Å²) in [5.41, 5.74) is 2.94. The Morgan fingerprint density at radius 2 is 1.57 bits per heavy atom. The second-order valence-corrected chi connectivity index (χ2v) is 4.85. The fourth-order valence-corrected chi connectivity index (χ4v) is 1.81. The maximum absolute atomic E-state index is 12.0. The molecule has 0 radical (unpaired) electrons. The summed E-state index contributed by atoms with van der Waals surface area (Å²) in [5, 5.41) is 9.15. The summed E-state index contributed by atoms with van der Waals surface area (Å²) in [7, 11) is 0. The lowest BCUT2D eigenvalue weighted by Crippen LogP contribution is -2.14. The standard InChI is InChI=1S/C17H16O4/c1-11-3-4-14(9-12(11)2)16(19)10-21-17(20)13-5-7-15(18)8-6-13/h3-9,18H,10H2,1-2H3. The minimum Gasteiger partial charge on any atom is -0.508 e. The van der Waals surface area contributed by atoms with Crippen LogP contribution in [0.3, 0.4) is 0 Å². The van der Waals surface area contributed by atoms with Gasteiger partial charge in [0, 0.05) is 5.56 Å². The Labute approximate surface area is 123 Å². The van der Waals surface area contributed by atoms with Crippen LogP contribution in [0.1, 0.15) is 31.8 Å². The third-order valence-electron chi connectivity index (χ3n) is 3.27. The molecule has 4 heteroatoms. The van der Waals surface area contributed by atoms with Crippen molar-refractivity contribution in [2.45, 2.75) is 13.8 Å². The number of benzene rings is 2. The molecule has 0 saturated heterocycles. The van der Waals surface area contributed by atoms with Crippen molar-refractivity contribution >= 4 is 11.8 Å². The number of aromatic hydroxyl groups is 1. The molecule has 0 fully saturated rings. The fourth-order valence-electron chi connectivity index (χ4n) is 1.81. The molecule has 0 aliphatic rings. The number of phenolic OH excluding ortho intramolecular Hbond substituents is 1. The van der Waals surface area contributed by atoms with Gasteiger partial charge in [-0.25, -0.2) is 4.79 Å². The Morgan fingerprint density at radius 1 is 0.952 bits per heavy atom. The van der Waals surface area contributed by atoms with Crippen LogP contribution in [0.4, 0.5) is 0 Å². The minimum atomic E-state index is -0.591. The lowest BCUT2D eigenvalue weighted by molar-refractivity contribution is 0.0474. The first-order valence-corrected chi connectivity index (χ1v) is 6.54. The summed E-state index contributed by atoms with van der Waals surface area (Å²) >= 11 is 0. The summed E-state index contributed by atoms with van der Waals surface area (Å²) in [6.45, 7) is 3.59. The van der Waals surface area contributed by atoms with Gasteiger partial charge >= 0.3 is 5.97 Å². The van der Waals surface area contributed by atoms with E-state index in [2.05, 4.69) is 0 Å². The molecule has 0 aliphatic heterocycles. The van der Waals surface area contributed by atoms with Gasteiger partial charge in [0.05, 0.1) is 5.56 Å². The van der Waals surface area contributed by atoms with Crippen LogP contribution >= 0.6 is 0 Å². The number of esters is 1. The first-order valence-electron chi connectivity index (χ1n) is 6.54. The Balaban J connectivity index is 1.98. The Bertz CT molecular complexity index is 672. The van der Waals surface area contributed by atoms with Gasteiger partial charge in [0.15, 0.2) is 12.4 Å². The summed E-state index contributed by atoms with van der Waals surface area (Å²) in [6.07, 6.45) is 0. The van der Waals surface area contributed by atoms with Gasteiger partial charge in [0.25, 0.3) is 0 Å². The van der Waals surface area contributed by atoms with Crippen molar-refractivity contribution in [3.05, 3.63) is 64.7 Å². The molecule has 1 N–H and O–H groups in total. The van der Waals surface area contributed by atoms with E-state index in [1.807, 2.05) is 19.9 Å². The lowest BCUT2D eigenvalue weighted by Gasteiger charge is -2.06. The van der Waals surface area contributed by atoms with E-state index in [0.29, 0.717) is 11.1 Å². The van der Waals surface area contributed by atoms with Crippen LogP contribution in [0.5, 0.6) is 5.75 Å². The van der Waals surface area contributed by atoms with E-state index in [-0.39, 0.29) is 18.1 Å². The van der Waals surface area contributed by atoms with Gasteiger partial charge in [-0.15, -0.1) is 0 Å². The number of rotatable bonds is 4. The highest BCUT2D eigenvalue weighted by Gasteiger charge is 2.12. The molecular formula is C17H16O4. The third-order valence-corrected chi connectivity index (χ3v) is 3.27. The van der Waals surface area contributed by atoms with Crippen molar-refractivity contribution in [1.82, 2.24) is 0 Å². The molecular weight excluding hydrogens is 268 g/mol. The highest BCUT2D eigenvalue weighted by atomic mass is 16.5.